The van der Waals surface area contributed by atoms with E-state index in [1.807, 2.05) is 53.4 Å². The average molecular weight is 345 g/mol. The normalized spacial score (nSPS) is 13.3. The molecule has 1 aliphatic heterocycles. The van der Waals surface area contributed by atoms with Gasteiger partial charge in [-0.1, -0.05) is 30.3 Å². The topological polar surface area (TPSA) is 91.2 Å². The molecule has 0 atom stereocenters. The zero-order chi connectivity index (χ0) is 17.9. The fourth-order valence-electron chi connectivity index (χ4n) is 2.89. The highest BCUT2D eigenvalue weighted by atomic mass is 16.3. The summed E-state index contributed by atoms with van der Waals surface area (Å²) in [5.74, 6) is -0.428. The van der Waals surface area contributed by atoms with Crippen LogP contribution in [0.5, 0.6) is 0 Å². The summed E-state index contributed by atoms with van der Waals surface area (Å²) < 4.78 is 0. The van der Waals surface area contributed by atoms with E-state index < -0.39 is 5.91 Å². The fraction of sp³-hybridized carbons (Fsp3) is 0.0526. The Morgan fingerprint density at radius 1 is 1.04 bits per heavy atom. The largest absolute Gasteiger partial charge is 0.507 e. The van der Waals surface area contributed by atoms with Crippen LogP contribution in [0.3, 0.4) is 0 Å². The molecule has 1 amide bonds. The van der Waals surface area contributed by atoms with Gasteiger partial charge in [-0.2, -0.15) is 5.10 Å². The van der Waals surface area contributed by atoms with E-state index >= 15 is 0 Å². The van der Waals surface area contributed by atoms with Gasteiger partial charge in [0.15, 0.2) is 0 Å². The number of nitrogens with one attached hydrogen (secondary N) is 1. The van der Waals surface area contributed by atoms with Crippen molar-refractivity contribution in [2.24, 2.45) is 0 Å². The number of amides is 1. The highest BCUT2D eigenvalue weighted by Gasteiger charge is 2.29. The number of carbonyl (C=O) groups excluding carboxylic acids is 1. The number of anilines is 3. The minimum atomic E-state index is -0.467. The van der Waals surface area contributed by atoms with E-state index in [9.17, 15) is 9.90 Å². The molecule has 2 aromatic carbocycles. The molecule has 4 rings (SSSR count). The van der Waals surface area contributed by atoms with Crippen molar-refractivity contribution in [3.8, 4) is 0 Å². The van der Waals surface area contributed by atoms with Crippen LogP contribution in [0.25, 0.3) is 5.76 Å². The third kappa shape index (κ3) is 2.86. The van der Waals surface area contributed by atoms with Gasteiger partial charge in [0.1, 0.15) is 5.76 Å². The second kappa shape index (κ2) is 6.64. The van der Waals surface area contributed by atoms with Crippen LogP contribution in [0.4, 0.5) is 17.3 Å². The molecule has 0 bridgehead atoms. The van der Waals surface area contributed by atoms with Crippen molar-refractivity contribution in [1.29, 1.82) is 0 Å². The molecule has 2 heterocycles. The van der Waals surface area contributed by atoms with Gasteiger partial charge in [-0.25, -0.2) is 4.98 Å². The van der Waals surface area contributed by atoms with Crippen LogP contribution in [0.2, 0.25) is 0 Å². The summed E-state index contributed by atoms with van der Waals surface area (Å²) in [6.07, 6.45) is 2.85. The third-order valence-electron chi connectivity index (χ3n) is 4.10. The minimum Gasteiger partial charge on any atom is -0.507 e. The maximum atomic E-state index is 12.7. The van der Waals surface area contributed by atoms with Crippen LogP contribution >= 0.6 is 0 Å². The van der Waals surface area contributed by atoms with Gasteiger partial charge in [-0.05, 0) is 24.3 Å². The van der Waals surface area contributed by atoms with Crippen LogP contribution in [0.15, 0.2) is 72.6 Å². The van der Waals surface area contributed by atoms with Crippen LogP contribution in [0.1, 0.15) is 5.56 Å². The van der Waals surface area contributed by atoms with Gasteiger partial charge in [0.05, 0.1) is 30.2 Å². The zero-order valence-electron chi connectivity index (χ0n) is 13.7. The van der Waals surface area contributed by atoms with Crippen molar-refractivity contribution in [2.75, 3.05) is 16.8 Å². The number of benzene rings is 2. The number of rotatable bonds is 3. The molecule has 0 aliphatic carbocycles. The molecule has 7 heteroatoms. The highest BCUT2D eigenvalue weighted by molar-refractivity contribution is 6.10. The quantitative estimate of drug-likeness (QED) is 0.758. The Hall–Kier alpha value is -3.74. The Labute approximate surface area is 149 Å². The number of nitrogens with zero attached hydrogens (tertiary/aromatic N) is 4. The second-order valence-electron chi connectivity index (χ2n) is 5.69. The van der Waals surface area contributed by atoms with E-state index in [1.165, 1.54) is 12.4 Å². The number of aromatic nitrogens is 3. The minimum absolute atomic E-state index is 0.0471. The smallest absolute Gasteiger partial charge is 0.259 e. The van der Waals surface area contributed by atoms with Crippen molar-refractivity contribution in [3.63, 3.8) is 0 Å². The average Bonchev–Trinajstić information content (AvgIpc) is 2.70. The van der Waals surface area contributed by atoms with Crippen molar-refractivity contribution >= 4 is 29.0 Å². The summed E-state index contributed by atoms with van der Waals surface area (Å²) in [4.78, 5) is 18.6. The van der Waals surface area contributed by atoms with Crippen LogP contribution < -0.4 is 10.2 Å². The van der Waals surface area contributed by atoms with Crippen LogP contribution in [0, 0.1) is 0 Å². The van der Waals surface area contributed by atoms with E-state index in [-0.39, 0.29) is 23.8 Å². The standard InChI is InChI=1S/C19H15N5O2/c25-17-14-8-4-5-9-16(14)24(13-6-2-1-3-7-13)12-15(17)18(26)22-19-20-10-11-21-23-19/h1-11,25H,12H2,(H,20,22,23,26). The number of carbonyl (C=O) groups is 1. The molecule has 0 unspecified atom stereocenters. The maximum Gasteiger partial charge on any atom is 0.259 e. The fourth-order valence-corrected chi connectivity index (χ4v) is 2.89. The monoisotopic (exact) mass is 345 g/mol. The molecule has 128 valence electrons. The molecule has 7 nitrogen and oxygen atoms in total. The van der Waals surface area contributed by atoms with Gasteiger partial charge in [-0.15, -0.1) is 5.10 Å². The molecule has 0 saturated carbocycles. The lowest BCUT2D eigenvalue weighted by Gasteiger charge is -2.32. The Morgan fingerprint density at radius 3 is 2.58 bits per heavy atom. The third-order valence-corrected chi connectivity index (χ3v) is 4.10. The summed E-state index contributed by atoms with van der Waals surface area (Å²) in [5, 5.41) is 20.7. The SMILES string of the molecule is O=C(Nc1nccnn1)C1=C(O)c2ccccc2N(c2ccccc2)C1. The lowest BCUT2D eigenvalue weighted by molar-refractivity contribution is -0.112. The lowest BCUT2D eigenvalue weighted by Crippen LogP contribution is -2.31. The van der Waals surface area contributed by atoms with Gasteiger partial charge < -0.3 is 10.0 Å². The van der Waals surface area contributed by atoms with Crippen molar-refractivity contribution in [2.45, 2.75) is 0 Å². The summed E-state index contributed by atoms with van der Waals surface area (Å²) >= 11 is 0. The van der Waals surface area contributed by atoms with Gasteiger partial charge in [0.2, 0.25) is 5.95 Å². The first-order chi connectivity index (χ1) is 12.7. The molecule has 3 aromatic rings. The van der Waals surface area contributed by atoms with Crippen molar-refractivity contribution < 1.29 is 9.90 Å². The summed E-state index contributed by atoms with van der Waals surface area (Å²) in [5.41, 5.74) is 2.60. The summed E-state index contributed by atoms with van der Waals surface area (Å²) in [7, 11) is 0. The van der Waals surface area contributed by atoms with Crippen LogP contribution in [-0.4, -0.2) is 32.7 Å². The van der Waals surface area contributed by atoms with E-state index in [0.717, 1.165) is 11.4 Å². The van der Waals surface area contributed by atoms with Crippen molar-refractivity contribution in [3.05, 3.63) is 78.1 Å². The van der Waals surface area contributed by atoms with Gasteiger partial charge in [-0.3, -0.25) is 10.1 Å². The van der Waals surface area contributed by atoms with E-state index in [2.05, 4.69) is 20.5 Å². The molecular weight excluding hydrogens is 330 g/mol. The number of aliphatic hydroxyl groups excluding tert-OH is 1. The van der Waals surface area contributed by atoms with Gasteiger partial charge in [0, 0.05) is 11.3 Å². The van der Waals surface area contributed by atoms with Crippen molar-refractivity contribution in [1.82, 2.24) is 15.2 Å². The number of hydrogen-bond acceptors (Lipinski definition) is 6. The zero-order valence-corrected chi connectivity index (χ0v) is 13.7. The Morgan fingerprint density at radius 2 is 1.81 bits per heavy atom. The maximum absolute atomic E-state index is 12.7. The number of aliphatic hydroxyl groups is 1. The molecule has 0 fully saturated rings. The molecule has 2 N–H and O–H groups in total. The molecule has 0 spiro atoms. The Balaban J connectivity index is 1.74. The number of hydrogen-bond donors (Lipinski definition) is 2. The first kappa shape index (κ1) is 15.8. The predicted octanol–water partition coefficient (Wildman–Crippen LogP) is 2.93. The lowest BCUT2D eigenvalue weighted by atomic mass is 9.99. The first-order valence-corrected chi connectivity index (χ1v) is 8.03. The highest BCUT2D eigenvalue weighted by Crippen LogP contribution is 2.37. The van der Waals surface area contributed by atoms with E-state index in [0.29, 0.717) is 5.56 Å². The first-order valence-electron chi connectivity index (χ1n) is 8.03. The number of fused-ring (bicyclic) bond motifs is 1. The molecule has 1 aromatic heterocycles. The molecule has 0 saturated heterocycles. The van der Waals surface area contributed by atoms with Gasteiger partial charge in [0.25, 0.3) is 5.91 Å². The number of para-hydroxylation sites is 2. The molecule has 1 aliphatic rings. The van der Waals surface area contributed by atoms with E-state index in [4.69, 9.17) is 0 Å². The molecular formula is C19H15N5O2. The second-order valence-corrected chi connectivity index (χ2v) is 5.69. The van der Waals surface area contributed by atoms with E-state index in [1.54, 1.807) is 6.07 Å². The molecule has 0 radical (unpaired) electrons. The summed E-state index contributed by atoms with van der Waals surface area (Å²) in [6, 6.07) is 17.1. The van der Waals surface area contributed by atoms with Crippen LogP contribution in [-0.2, 0) is 4.79 Å². The predicted molar refractivity (Wildman–Crippen MR) is 97.9 cm³/mol. The Kier molecular flexibility index (Phi) is 4.03. The molecule has 26 heavy (non-hydrogen) atoms. The summed E-state index contributed by atoms with van der Waals surface area (Å²) in [6.45, 7) is 0.221. The Bertz CT molecular complexity index is 973. The van der Waals surface area contributed by atoms with Gasteiger partial charge >= 0.3 is 0 Å².